The molecule has 0 radical (unpaired) electrons. The summed E-state index contributed by atoms with van der Waals surface area (Å²) >= 11 is 6.71. The maximum Gasteiger partial charge on any atom is 0.318 e. The third-order valence-electron chi connectivity index (χ3n) is 8.55. The van der Waals surface area contributed by atoms with Crippen molar-refractivity contribution in [2.45, 2.75) is 32.5 Å². The largest absolute Gasteiger partial charge is 0.463 e. The van der Waals surface area contributed by atoms with Gasteiger partial charge in [-0.05, 0) is 36.4 Å². The number of rotatable bonds is 8. The average Bonchev–Trinajstić information content (AvgIpc) is 3.45. The van der Waals surface area contributed by atoms with Gasteiger partial charge in [0.05, 0.1) is 55.5 Å². The van der Waals surface area contributed by atoms with Gasteiger partial charge in [-0.2, -0.15) is 9.97 Å². The van der Waals surface area contributed by atoms with Crippen molar-refractivity contribution >= 4 is 40.0 Å². The van der Waals surface area contributed by atoms with Crippen molar-refractivity contribution in [3.8, 4) is 6.01 Å². The van der Waals surface area contributed by atoms with Crippen LogP contribution >= 0.6 is 11.6 Å². The minimum atomic E-state index is 0.453. The van der Waals surface area contributed by atoms with Crippen LogP contribution < -0.4 is 14.5 Å². The van der Waals surface area contributed by atoms with E-state index in [2.05, 4.69) is 55.1 Å². The molecule has 0 aliphatic carbocycles. The van der Waals surface area contributed by atoms with E-state index in [9.17, 15) is 0 Å². The number of nitrogens with zero attached hydrogens (tertiary/aromatic N) is 7. The summed E-state index contributed by atoms with van der Waals surface area (Å²) in [5, 5.41) is 2.99. The Morgan fingerprint density at radius 1 is 0.976 bits per heavy atom. The van der Waals surface area contributed by atoms with E-state index in [1.165, 1.54) is 11.3 Å². The first-order valence-electron chi connectivity index (χ1n) is 14.8. The summed E-state index contributed by atoms with van der Waals surface area (Å²) in [6.07, 6.45) is 5.54. The van der Waals surface area contributed by atoms with Crippen molar-refractivity contribution in [2.75, 3.05) is 62.3 Å². The topological polar surface area (TPSA) is 71.8 Å². The first-order chi connectivity index (χ1) is 20.7. The van der Waals surface area contributed by atoms with Gasteiger partial charge in [-0.3, -0.25) is 4.90 Å². The van der Waals surface area contributed by atoms with Gasteiger partial charge in [-0.1, -0.05) is 42.4 Å². The fourth-order valence-electron chi connectivity index (χ4n) is 6.39. The van der Waals surface area contributed by atoms with Gasteiger partial charge in [0.2, 0.25) is 0 Å². The second-order valence-electron chi connectivity index (χ2n) is 11.1. The number of imidazole rings is 1. The van der Waals surface area contributed by atoms with Crippen LogP contribution in [-0.2, 0) is 30.8 Å². The van der Waals surface area contributed by atoms with Crippen LogP contribution in [0.15, 0.2) is 49.2 Å². The van der Waals surface area contributed by atoms with Crippen LogP contribution in [0, 0.1) is 0 Å². The third kappa shape index (κ3) is 5.32. The van der Waals surface area contributed by atoms with Crippen LogP contribution in [0.3, 0.4) is 0 Å². The lowest BCUT2D eigenvalue weighted by Crippen LogP contribution is -2.38. The molecule has 0 bridgehead atoms. The zero-order valence-corrected chi connectivity index (χ0v) is 24.6. The molecule has 2 aromatic heterocycles. The van der Waals surface area contributed by atoms with E-state index in [0.29, 0.717) is 19.2 Å². The minimum Gasteiger partial charge on any atom is -0.463 e. The molecule has 218 valence electrons. The molecule has 0 amide bonds. The maximum atomic E-state index is 6.71. The predicted molar refractivity (Wildman–Crippen MR) is 166 cm³/mol. The fraction of sp³-hybridized carbons (Fsp3) is 0.406. The molecule has 10 heteroatoms. The summed E-state index contributed by atoms with van der Waals surface area (Å²) in [7, 11) is 0. The standard InChI is InChI=1S/C32H36ClN7O2/c1-2-29-34-20-24-21-39(13-14-40(24)29)31-25-10-12-38(28-9-4-7-23-6-3-8-26(33)30(23)28)22-27(25)35-32(36-31)42-17-5-11-37-15-18-41-19-16-37/h2-4,6-9,20H,1,5,10-19,21-22H2. The summed E-state index contributed by atoms with van der Waals surface area (Å²) < 4.78 is 14.0. The zero-order chi connectivity index (χ0) is 28.5. The van der Waals surface area contributed by atoms with E-state index in [1.54, 1.807) is 0 Å². The zero-order valence-electron chi connectivity index (χ0n) is 23.8. The average molecular weight is 586 g/mol. The molecule has 3 aliphatic rings. The highest BCUT2D eigenvalue weighted by Gasteiger charge is 2.29. The lowest BCUT2D eigenvalue weighted by molar-refractivity contribution is 0.0356. The SMILES string of the molecule is C=Cc1ncc2n1CCN(c1nc(OCCCN3CCOCC3)nc3c1CCN(c1cccc4cccc(Cl)c14)C3)C2. The molecule has 0 atom stereocenters. The van der Waals surface area contributed by atoms with Crippen LogP contribution in [0.25, 0.3) is 16.8 Å². The number of anilines is 2. The number of benzene rings is 2. The van der Waals surface area contributed by atoms with Gasteiger partial charge in [-0.25, -0.2) is 4.98 Å². The van der Waals surface area contributed by atoms with Crippen LogP contribution in [-0.4, -0.2) is 77.0 Å². The molecule has 9 nitrogen and oxygen atoms in total. The summed E-state index contributed by atoms with van der Waals surface area (Å²) in [6.45, 7) is 13.0. The third-order valence-corrected chi connectivity index (χ3v) is 8.86. The van der Waals surface area contributed by atoms with Gasteiger partial charge in [0, 0.05) is 55.9 Å². The summed E-state index contributed by atoms with van der Waals surface area (Å²) in [5.41, 5.74) is 4.52. The molecule has 0 spiro atoms. The Balaban J connectivity index is 1.17. The second-order valence-corrected chi connectivity index (χ2v) is 11.5. The van der Waals surface area contributed by atoms with E-state index < -0.39 is 0 Å². The number of aromatic nitrogens is 4. The molecule has 2 aromatic carbocycles. The van der Waals surface area contributed by atoms with Crippen molar-refractivity contribution in [3.05, 3.63) is 77.0 Å². The molecular weight excluding hydrogens is 550 g/mol. The molecule has 1 saturated heterocycles. The molecular formula is C32H36ClN7O2. The van der Waals surface area contributed by atoms with E-state index in [-0.39, 0.29) is 0 Å². The summed E-state index contributed by atoms with van der Waals surface area (Å²) in [5.74, 6) is 1.90. The highest BCUT2D eigenvalue weighted by molar-refractivity contribution is 6.36. The van der Waals surface area contributed by atoms with E-state index >= 15 is 0 Å². The smallest absolute Gasteiger partial charge is 0.318 e. The van der Waals surface area contributed by atoms with Crippen molar-refractivity contribution in [1.82, 2.24) is 24.4 Å². The molecule has 0 saturated carbocycles. The van der Waals surface area contributed by atoms with Crippen LogP contribution in [0.1, 0.15) is 29.2 Å². The van der Waals surface area contributed by atoms with Crippen LogP contribution in [0.4, 0.5) is 11.5 Å². The molecule has 3 aliphatic heterocycles. The number of ether oxygens (including phenoxy) is 2. The number of halogens is 1. The van der Waals surface area contributed by atoms with Gasteiger partial charge >= 0.3 is 6.01 Å². The van der Waals surface area contributed by atoms with Crippen molar-refractivity contribution in [1.29, 1.82) is 0 Å². The molecule has 0 N–H and O–H groups in total. The number of fused-ring (bicyclic) bond motifs is 3. The van der Waals surface area contributed by atoms with Gasteiger partial charge in [0.25, 0.3) is 0 Å². The van der Waals surface area contributed by atoms with Crippen LogP contribution in [0.5, 0.6) is 6.01 Å². The predicted octanol–water partition coefficient (Wildman–Crippen LogP) is 4.81. The molecule has 0 unspecified atom stereocenters. The Bertz CT molecular complexity index is 1590. The number of morpholine rings is 1. The van der Waals surface area contributed by atoms with E-state index in [0.717, 1.165) is 111 Å². The number of hydrogen-bond acceptors (Lipinski definition) is 8. The summed E-state index contributed by atoms with van der Waals surface area (Å²) in [4.78, 5) is 21.7. The maximum absolute atomic E-state index is 6.71. The van der Waals surface area contributed by atoms with Crippen molar-refractivity contribution in [3.63, 3.8) is 0 Å². The first-order valence-corrected chi connectivity index (χ1v) is 15.2. The molecule has 5 heterocycles. The van der Waals surface area contributed by atoms with Crippen molar-refractivity contribution in [2.24, 2.45) is 0 Å². The second kappa shape index (κ2) is 11.9. The van der Waals surface area contributed by atoms with Crippen LogP contribution in [0.2, 0.25) is 5.02 Å². The van der Waals surface area contributed by atoms with Gasteiger partial charge < -0.3 is 23.8 Å². The Hall–Kier alpha value is -3.66. The Morgan fingerprint density at radius 2 is 1.83 bits per heavy atom. The fourth-order valence-corrected chi connectivity index (χ4v) is 6.67. The Labute approximate surface area is 251 Å². The van der Waals surface area contributed by atoms with Gasteiger partial charge in [0.1, 0.15) is 11.6 Å². The van der Waals surface area contributed by atoms with Gasteiger partial charge in [-0.15, -0.1) is 0 Å². The number of hydrogen-bond donors (Lipinski definition) is 0. The Kier molecular flexibility index (Phi) is 7.71. The Morgan fingerprint density at radius 3 is 2.69 bits per heavy atom. The monoisotopic (exact) mass is 585 g/mol. The van der Waals surface area contributed by atoms with Crippen molar-refractivity contribution < 1.29 is 9.47 Å². The van der Waals surface area contributed by atoms with E-state index in [1.807, 2.05) is 24.4 Å². The molecule has 7 rings (SSSR count). The lowest BCUT2D eigenvalue weighted by Gasteiger charge is -2.35. The minimum absolute atomic E-state index is 0.453. The van der Waals surface area contributed by atoms with Gasteiger partial charge in [0.15, 0.2) is 0 Å². The van der Waals surface area contributed by atoms with E-state index in [4.69, 9.17) is 31.0 Å². The molecule has 4 aromatic rings. The summed E-state index contributed by atoms with van der Waals surface area (Å²) in [6, 6.07) is 12.9. The highest BCUT2D eigenvalue weighted by atomic mass is 35.5. The molecule has 1 fully saturated rings. The normalized spacial score (nSPS) is 17.3. The molecule has 42 heavy (non-hydrogen) atoms. The quantitative estimate of drug-likeness (QED) is 0.273. The highest BCUT2D eigenvalue weighted by Crippen LogP contribution is 2.37. The first kappa shape index (κ1) is 27.2. The lowest BCUT2D eigenvalue weighted by atomic mass is 10.0.